The number of amides is 1. The van der Waals surface area contributed by atoms with Gasteiger partial charge in [-0.25, -0.2) is 4.79 Å². The summed E-state index contributed by atoms with van der Waals surface area (Å²) in [7, 11) is 0. The number of carbonyl (C=O) groups is 1. The first-order valence-electron chi connectivity index (χ1n) is 6.49. The molecule has 1 heterocycles. The lowest BCUT2D eigenvalue weighted by Crippen LogP contribution is -2.54. The summed E-state index contributed by atoms with van der Waals surface area (Å²) in [5.74, 6) is 1.57. The Labute approximate surface area is 103 Å². The van der Waals surface area contributed by atoms with E-state index in [9.17, 15) is 9.90 Å². The minimum Gasteiger partial charge on any atom is -0.444 e. The lowest BCUT2D eigenvalue weighted by molar-refractivity contribution is -0.0200. The van der Waals surface area contributed by atoms with Gasteiger partial charge in [0.25, 0.3) is 0 Å². The molecule has 2 aliphatic rings. The van der Waals surface area contributed by atoms with E-state index >= 15 is 0 Å². The lowest BCUT2D eigenvalue weighted by Gasteiger charge is -2.43. The Bertz CT molecular complexity index is 288. The summed E-state index contributed by atoms with van der Waals surface area (Å²) in [5, 5.41) is 9.35. The lowest BCUT2D eigenvalue weighted by atomic mass is 9.83. The minimum absolute atomic E-state index is 0.221. The first-order chi connectivity index (χ1) is 7.90. The van der Waals surface area contributed by atoms with E-state index in [1.165, 1.54) is 12.8 Å². The molecule has 0 radical (unpaired) electrons. The summed E-state index contributed by atoms with van der Waals surface area (Å²) >= 11 is 0. The zero-order valence-corrected chi connectivity index (χ0v) is 11.0. The maximum atomic E-state index is 11.7. The molecule has 1 unspecified atom stereocenters. The molecular formula is C13H23NO3. The Morgan fingerprint density at radius 2 is 1.94 bits per heavy atom. The van der Waals surface area contributed by atoms with E-state index in [1.54, 1.807) is 4.90 Å². The number of aliphatic hydroxyl groups is 1. The van der Waals surface area contributed by atoms with Gasteiger partial charge in [-0.2, -0.15) is 0 Å². The summed E-state index contributed by atoms with van der Waals surface area (Å²) in [6.45, 7) is 7.39. The van der Waals surface area contributed by atoms with Gasteiger partial charge in [-0.3, -0.25) is 0 Å². The van der Waals surface area contributed by atoms with Crippen LogP contribution in [0, 0.1) is 17.8 Å². The van der Waals surface area contributed by atoms with E-state index in [-0.39, 0.29) is 12.7 Å². The highest BCUT2D eigenvalue weighted by Gasteiger charge is 2.43. The Hall–Kier alpha value is -0.770. The van der Waals surface area contributed by atoms with E-state index in [0.29, 0.717) is 17.8 Å². The van der Waals surface area contributed by atoms with Gasteiger partial charge < -0.3 is 14.7 Å². The van der Waals surface area contributed by atoms with Crippen molar-refractivity contribution in [2.24, 2.45) is 17.8 Å². The van der Waals surface area contributed by atoms with Crippen molar-refractivity contribution in [3.05, 3.63) is 0 Å². The Kier molecular flexibility index (Phi) is 3.34. The van der Waals surface area contributed by atoms with E-state index < -0.39 is 5.60 Å². The fraction of sp³-hybridized carbons (Fsp3) is 0.923. The van der Waals surface area contributed by atoms with Crippen LogP contribution in [0.1, 0.15) is 33.6 Å². The van der Waals surface area contributed by atoms with E-state index in [4.69, 9.17) is 4.74 Å². The van der Waals surface area contributed by atoms with Crippen molar-refractivity contribution in [3.63, 3.8) is 0 Å². The van der Waals surface area contributed by atoms with Gasteiger partial charge in [-0.1, -0.05) is 0 Å². The monoisotopic (exact) mass is 241 g/mol. The predicted octanol–water partition coefficient (Wildman–Crippen LogP) is 1.87. The molecule has 1 saturated carbocycles. The Morgan fingerprint density at radius 1 is 1.35 bits per heavy atom. The van der Waals surface area contributed by atoms with Crippen LogP contribution in [0.5, 0.6) is 0 Å². The fourth-order valence-corrected chi connectivity index (χ4v) is 2.47. The molecule has 2 fully saturated rings. The van der Waals surface area contributed by atoms with Crippen molar-refractivity contribution in [2.45, 2.75) is 39.2 Å². The van der Waals surface area contributed by atoms with Gasteiger partial charge in [0, 0.05) is 19.7 Å². The van der Waals surface area contributed by atoms with E-state index in [0.717, 1.165) is 13.1 Å². The van der Waals surface area contributed by atoms with Gasteiger partial charge in [0.15, 0.2) is 0 Å². The predicted molar refractivity (Wildman–Crippen MR) is 64.6 cm³/mol. The van der Waals surface area contributed by atoms with Crippen molar-refractivity contribution >= 4 is 6.09 Å². The summed E-state index contributed by atoms with van der Waals surface area (Å²) in [6.07, 6.45) is 2.27. The standard InChI is InChI=1S/C13H23NO3/c1-13(2,3)17-12(16)14-6-10(7-14)11(8-15)9-4-5-9/h9-11,15H,4-8H2,1-3H3. The van der Waals surface area contributed by atoms with Crippen LogP contribution in [0.2, 0.25) is 0 Å². The van der Waals surface area contributed by atoms with Crippen LogP contribution in [0.15, 0.2) is 0 Å². The second-order valence-corrected chi connectivity index (χ2v) is 6.33. The number of likely N-dealkylation sites (tertiary alicyclic amines) is 1. The number of ether oxygens (including phenoxy) is 1. The molecule has 2 rings (SSSR count). The maximum absolute atomic E-state index is 11.7. The number of aliphatic hydroxyl groups excluding tert-OH is 1. The summed E-state index contributed by atoms with van der Waals surface area (Å²) < 4.78 is 5.30. The smallest absolute Gasteiger partial charge is 0.410 e. The third kappa shape index (κ3) is 3.12. The average Bonchev–Trinajstić information content (AvgIpc) is 2.89. The molecule has 1 amide bonds. The summed E-state index contributed by atoms with van der Waals surface area (Å²) in [6, 6.07) is 0. The summed E-state index contributed by atoms with van der Waals surface area (Å²) in [5.41, 5.74) is -0.422. The Morgan fingerprint density at radius 3 is 2.35 bits per heavy atom. The number of nitrogens with zero attached hydrogens (tertiary/aromatic N) is 1. The van der Waals surface area contributed by atoms with Crippen LogP contribution in [-0.4, -0.2) is 41.4 Å². The third-order valence-electron chi connectivity index (χ3n) is 3.61. The van der Waals surface area contributed by atoms with Crippen LogP contribution in [0.4, 0.5) is 4.79 Å². The molecule has 0 aromatic heterocycles. The molecule has 1 aliphatic heterocycles. The van der Waals surface area contributed by atoms with Crippen LogP contribution in [0.3, 0.4) is 0 Å². The Balaban J connectivity index is 1.76. The minimum atomic E-state index is -0.422. The zero-order chi connectivity index (χ0) is 12.6. The zero-order valence-electron chi connectivity index (χ0n) is 11.0. The van der Waals surface area contributed by atoms with Crippen molar-refractivity contribution in [1.29, 1.82) is 0 Å². The van der Waals surface area contributed by atoms with Gasteiger partial charge in [-0.15, -0.1) is 0 Å². The second kappa shape index (κ2) is 4.48. The molecule has 17 heavy (non-hydrogen) atoms. The van der Waals surface area contributed by atoms with Gasteiger partial charge in [0.2, 0.25) is 0 Å². The van der Waals surface area contributed by atoms with E-state index in [1.807, 2.05) is 20.8 Å². The highest BCUT2D eigenvalue weighted by Crippen LogP contribution is 2.43. The van der Waals surface area contributed by atoms with Crippen LogP contribution in [-0.2, 0) is 4.74 Å². The first-order valence-corrected chi connectivity index (χ1v) is 6.49. The SMILES string of the molecule is CC(C)(C)OC(=O)N1CC(C(CO)C2CC2)C1. The molecule has 1 atom stereocenters. The first kappa shape index (κ1) is 12.7. The van der Waals surface area contributed by atoms with Crippen molar-refractivity contribution in [2.75, 3.05) is 19.7 Å². The highest BCUT2D eigenvalue weighted by molar-refractivity contribution is 5.69. The van der Waals surface area contributed by atoms with Crippen LogP contribution < -0.4 is 0 Å². The number of carbonyl (C=O) groups excluding carboxylic acids is 1. The fourth-order valence-electron chi connectivity index (χ4n) is 2.47. The number of rotatable bonds is 3. The third-order valence-corrected chi connectivity index (χ3v) is 3.61. The molecule has 0 bridgehead atoms. The summed E-state index contributed by atoms with van der Waals surface area (Å²) in [4.78, 5) is 13.5. The molecule has 4 nitrogen and oxygen atoms in total. The molecule has 1 aliphatic carbocycles. The van der Waals surface area contributed by atoms with Gasteiger partial charge in [0.1, 0.15) is 5.60 Å². The van der Waals surface area contributed by atoms with Crippen molar-refractivity contribution in [1.82, 2.24) is 4.90 Å². The number of hydrogen-bond acceptors (Lipinski definition) is 3. The van der Waals surface area contributed by atoms with Crippen LogP contribution >= 0.6 is 0 Å². The van der Waals surface area contributed by atoms with Crippen molar-refractivity contribution < 1.29 is 14.6 Å². The largest absolute Gasteiger partial charge is 0.444 e. The average molecular weight is 241 g/mol. The van der Waals surface area contributed by atoms with Gasteiger partial charge in [-0.05, 0) is 51.4 Å². The molecule has 1 N–H and O–H groups in total. The quantitative estimate of drug-likeness (QED) is 0.820. The molecule has 0 aromatic carbocycles. The molecular weight excluding hydrogens is 218 g/mol. The number of hydrogen-bond donors (Lipinski definition) is 1. The normalized spacial score (nSPS) is 23.2. The second-order valence-electron chi connectivity index (χ2n) is 6.33. The van der Waals surface area contributed by atoms with E-state index in [2.05, 4.69) is 0 Å². The molecule has 0 aromatic rings. The van der Waals surface area contributed by atoms with Crippen LogP contribution in [0.25, 0.3) is 0 Å². The molecule has 1 saturated heterocycles. The van der Waals surface area contributed by atoms with Gasteiger partial charge >= 0.3 is 6.09 Å². The van der Waals surface area contributed by atoms with Crippen molar-refractivity contribution in [3.8, 4) is 0 Å². The maximum Gasteiger partial charge on any atom is 0.410 e. The topological polar surface area (TPSA) is 49.8 Å². The molecule has 4 heteroatoms. The van der Waals surface area contributed by atoms with Gasteiger partial charge in [0.05, 0.1) is 0 Å². The molecule has 98 valence electrons. The molecule has 0 spiro atoms. The highest BCUT2D eigenvalue weighted by atomic mass is 16.6.